The molecule has 0 spiro atoms. The van der Waals surface area contributed by atoms with Crippen molar-refractivity contribution < 1.29 is 28.9 Å². The number of aliphatic hydroxyl groups is 1. The highest BCUT2D eigenvalue weighted by molar-refractivity contribution is 5.99. The van der Waals surface area contributed by atoms with Gasteiger partial charge in [0.15, 0.2) is 17.1 Å². The normalized spacial score (nSPS) is 11.7. The summed E-state index contributed by atoms with van der Waals surface area (Å²) in [4.78, 5) is 11.2. The molecule has 6 nitrogen and oxygen atoms in total. The van der Waals surface area contributed by atoms with E-state index < -0.39 is 6.10 Å². The highest BCUT2D eigenvalue weighted by Gasteiger charge is 2.13. The Morgan fingerprint density at radius 1 is 1.25 bits per heavy atom. The number of aromatic hydroxyl groups is 1. The first-order valence-corrected chi connectivity index (χ1v) is 7.42. The van der Waals surface area contributed by atoms with Gasteiger partial charge >= 0.3 is 0 Å². The zero-order valence-electron chi connectivity index (χ0n) is 13.8. The molecule has 1 unspecified atom stereocenters. The lowest BCUT2D eigenvalue weighted by Crippen LogP contribution is -2.14. The zero-order chi connectivity index (χ0) is 17.7. The van der Waals surface area contributed by atoms with Gasteiger partial charge in [0.1, 0.15) is 29.3 Å². The van der Waals surface area contributed by atoms with Crippen LogP contribution in [0.1, 0.15) is 24.2 Å². The Hall–Kier alpha value is -2.73. The van der Waals surface area contributed by atoms with Crippen LogP contribution in [0, 0.1) is 0 Å². The molecule has 24 heavy (non-hydrogen) atoms. The van der Waals surface area contributed by atoms with E-state index >= 15 is 0 Å². The van der Waals surface area contributed by atoms with Crippen molar-refractivity contribution >= 4 is 16.9 Å². The largest absolute Gasteiger partial charge is 0.507 e. The first-order valence-electron chi connectivity index (χ1n) is 7.42. The highest BCUT2D eigenvalue weighted by atomic mass is 16.5. The number of Topliss-reactive ketones (excluding diaryl/α,β-unsaturated/α-hetero) is 1. The number of aliphatic hydroxyl groups excluding tert-OH is 1. The molecule has 0 amide bonds. The molecule has 0 aliphatic heterocycles. The summed E-state index contributed by atoms with van der Waals surface area (Å²) in [6.07, 6.45) is -0.618. The lowest BCUT2D eigenvalue weighted by molar-refractivity contribution is 0.0992. The van der Waals surface area contributed by atoms with Crippen LogP contribution in [0.15, 0.2) is 40.8 Å². The second kappa shape index (κ2) is 7.70. The van der Waals surface area contributed by atoms with Crippen LogP contribution < -0.4 is 9.47 Å². The number of furan rings is 2. The van der Waals surface area contributed by atoms with Crippen LogP contribution >= 0.6 is 0 Å². The van der Waals surface area contributed by atoms with Crippen LogP contribution in [0.3, 0.4) is 0 Å². The second-order valence-corrected chi connectivity index (χ2v) is 5.28. The van der Waals surface area contributed by atoms with Gasteiger partial charge in [-0.3, -0.25) is 4.79 Å². The van der Waals surface area contributed by atoms with E-state index in [1.807, 2.05) is 18.2 Å². The molecule has 0 fully saturated rings. The highest BCUT2D eigenvalue weighted by Crippen LogP contribution is 2.28. The van der Waals surface area contributed by atoms with Crippen molar-refractivity contribution in [3.05, 3.63) is 42.0 Å². The quantitative estimate of drug-likeness (QED) is 0.697. The van der Waals surface area contributed by atoms with E-state index in [4.69, 9.17) is 19.0 Å². The van der Waals surface area contributed by atoms with Gasteiger partial charge < -0.3 is 24.1 Å². The van der Waals surface area contributed by atoms with Crippen molar-refractivity contribution in [2.45, 2.75) is 20.0 Å². The van der Waals surface area contributed by atoms with Crippen LogP contribution in [-0.2, 0) is 0 Å². The van der Waals surface area contributed by atoms with Crippen LogP contribution in [0.25, 0.3) is 11.2 Å². The monoisotopic (exact) mass is 332 g/mol. The second-order valence-electron chi connectivity index (χ2n) is 5.28. The third-order valence-electron chi connectivity index (χ3n) is 3.20. The Morgan fingerprint density at radius 2 is 2.00 bits per heavy atom. The maximum Gasteiger partial charge on any atom is 0.169 e. The molecule has 0 saturated heterocycles. The summed E-state index contributed by atoms with van der Waals surface area (Å²) in [6, 6.07) is 10.3. The average molecular weight is 332 g/mol. The third kappa shape index (κ3) is 4.17. The standard InChI is InChI=1S/C11H14O4.C7H6O2/c1-7(12)6-15-10-5-3-4-9(14)11(10)8(2)13;1-8-7-4-5-2-3-6(7)9-5/h3-5,7,12,14H,6H2,1-2H3;2-4H,1H3. The van der Waals surface area contributed by atoms with Gasteiger partial charge in [-0.15, -0.1) is 0 Å². The Bertz CT molecular complexity index is 790. The summed E-state index contributed by atoms with van der Waals surface area (Å²) in [5.41, 5.74) is 1.85. The molecule has 1 aromatic carbocycles. The number of ether oxygens (including phenoxy) is 2. The van der Waals surface area contributed by atoms with Gasteiger partial charge in [-0.2, -0.15) is 0 Å². The number of phenols is 1. The third-order valence-corrected chi connectivity index (χ3v) is 3.20. The van der Waals surface area contributed by atoms with Gasteiger partial charge in [0.2, 0.25) is 0 Å². The number of hydrogen-bond donors (Lipinski definition) is 2. The number of hydrogen-bond acceptors (Lipinski definition) is 6. The SMILES string of the molecule is CC(=O)c1c(O)cccc1OCC(C)O.COc1cc2ccc1o2. The number of methoxy groups -OCH3 is 1. The summed E-state index contributed by atoms with van der Waals surface area (Å²) in [7, 11) is 1.64. The van der Waals surface area contributed by atoms with Crippen LogP contribution in [0.5, 0.6) is 17.2 Å². The summed E-state index contributed by atoms with van der Waals surface area (Å²) in [5.74, 6) is 0.746. The number of rotatable bonds is 5. The molecule has 0 saturated carbocycles. The van der Waals surface area contributed by atoms with Crippen LogP contribution in [0.2, 0.25) is 0 Å². The molecule has 0 aliphatic carbocycles. The smallest absolute Gasteiger partial charge is 0.169 e. The average Bonchev–Trinajstić information content (AvgIpc) is 3.15. The minimum Gasteiger partial charge on any atom is -0.507 e. The molecule has 3 aromatic rings. The summed E-state index contributed by atoms with van der Waals surface area (Å²) < 4.78 is 15.4. The maximum atomic E-state index is 11.2. The molecule has 2 N–H and O–H groups in total. The molecule has 0 radical (unpaired) electrons. The van der Waals surface area contributed by atoms with Crippen molar-refractivity contribution in [2.24, 2.45) is 0 Å². The Morgan fingerprint density at radius 3 is 2.46 bits per heavy atom. The molecule has 2 heterocycles. The molecule has 6 heteroatoms. The molecular weight excluding hydrogens is 312 g/mol. The van der Waals surface area contributed by atoms with E-state index in [2.05, 4.69) is 0 Å². The number of benzene rings is 2. The van der Waals surface area contributed by atoms with E-state index in [0.29, 0.717) is 5.75 Å². The van der Waals surface area contributed by atoms with Crippen LogP contribution in [0.4, 0.5) is 0 Å². The van der Waals surface area contributed by atoms with Gasteiger partial charge in [0, 0.05) is 6.07 Å². The minimum atomic E-state index is -0.618. The molecule has 2 bridgehead atoms. The topological polar surface area (TPSA) is 89.1 Å². The first-order chi connectivity index (χ1) is 11.4. The lowest BCUT2D eigenvalue weighted by atomic mass is 10.1. The summed E-state index contributed by atoms with van der Waals surface area (Å²) >= 11 is 0. The molecule has 1 atom stereocenters. The minimum absolute atomic E-state index is 0.0870. The predicted octanol–water partition coefficient (Wildman–Crippen LogP) is 3.23. The van der Waals surface area contributed by atoms with Crippen molar-refractivity contribution in [3.8, 4) is 17.2 Å². The van der Waals surface area contributed by atoms with Crippen molar-refractivity contribution in [3.63, 3.8) is 0 Å². The number of ketones is 1. The molecule has 2 aromatic heterocycles. The van der Waals surface area contributed by atoms with E-state index in [9.17, 15) is 9.90 Å². The van der Waals surface area contributed by atoms with Gasteiger partial charge in [-0.1, -0.05) is 6.07 Å². The predicted molar refractivity (Wildman–Crippen MR) is 89.2 cm³/mol. The Kier molecular flexibility index (Phi) is 5.65. The van der Waals surface area contributed by atoms with E-state index in [0.717, 1.165) is 16.9 Å². The van der Waals surface area contributed by atoms with Gasteiger partial charge in [-0.05, 0) is 38.1 Å². The lowest BCUT2D eigenvalue weighted by Gasteiger charge is -2.11. The first kappa shape index (κ1) is 17.6. The molecule has 128 valence electrons. The van der Waals surface area contributed by atoms with Gasteiger partial charge in [-0.25, -0.2) is 0 Å². The van der Waals surface area contributed by atoms with Gasteiger partial charge in [0.25, 0.3) is 0 Å². The summed E-state index contributed by atoms with van der Waals surface area (Å²) in [6.45, 7) is 3.02. The zero-order valence-corrected chi connectivity index (χ0v) is 13.8. The fourth-order valence-corrected chi connectivity index (χ4v) is 2.13. The fourth-order valence-electron chi connectivity index (χ4n) is 2.13. The fraction of sp³-hybridized carbons (Fsp3) is 0.278. The number of fused-ring (bicyclic) bond motifs is 2. The van der Waals surface area contributed by atoms with E-state index in [1.54, 1.807) is 26.2 Å². The molecular formula is C18H20O6. The Balaban J connectivity index is 0.000000194. The van der Waals surface area contributed by atoms with Crippen molar-refractivity contribution in [1.29, 1.82) is 0 Å². The van der Waals surface area contributed by atoms with Gasteiger partial charge in [0.05, 0.1) is 13.2 Å². The van der Waals surface area contributed by atoms with E-state index in [1.165, 1.54) is 13.0 Å². The number of phenolic OH excluding ortho intramolecular Hbond substituents is 1. The van der Waals surface area contributed by atoms with Crippen molar-refractivity contribution in [2.75, 3.05) is 13.7 Å². The Labute approximate surface area is 139 Å². The number of carbonyl (C=O) groups is 1. The van der Waals surface area contributed by atoms with Crippen molar-refractivity contribution in [1.82, 2.24) is 0 Å². The molecule has 3 rings (SSSR count). The molecule has 0 aliphatic rings. The summed E-state index contributed by atoms with van der Waals surface area (Å²) in [5, 5.41) is 18.5. The van der Waals surface area contributed by atoms with Crippen LogP contribution in [-0.4, -0.2) is 35.8 Å². The maximum absolute atomic E-state index is 11.2. The van der Waals surface area contributed by atoms with E-state index in [-0.39, 0.29) is 23.7 Å². The number of carbonyl (C=O) groups excluding carboxylic acids is 1.